The monoisotopic (exact) mass is 375 g/mol. The van der Waals surface area contributed by atoms with E-state index in [1.165, 1.54) is 26.7 Å². The third-order valence-corrected chi connectivity index (χ3v) is 4.47. The van der Waals surface area contributed by atoms with Crippen molar-refractivity contribution in [1.82, 2.24) is 29.5 Å². The van der Waals surface area contributed by atoms with Gasteiger partial charge in [0.1, 0.15) is 18.1 Å². The standard InChI is InChI=1S/C19H17N7O2/c1-12-3-5-13(6-4-12)7-8-15-22-16(28-24-15)10-26-18-17(14(9-20)23-26)21-11-25(2)19(18)27/h3-6,11H,7-8,10H2,1-2H3. The lowest BCUT2D eigenvalue weighted by molar-refractivity contribution is 0.362. The Kier molecular flexibility index (Phi) is 4.45. The number of nitriles is 1. The van der Waals surface area contributed by atoms with Crippen LogP contribution in [0.1, 0.15) is 28.5 Å². The van der Waals surface area contributed by atoms with Gasteiger partial charge in [0.2, 0.25) is 5.89 Å². The first-order valence-electron chi connectivity index (χ1n) is 8.74. The molecule has 28 heavy (non-hydrogen) atoms. The number of hydrogen-bond donors (Lipinski definition) is 0. The molecule has 0 unspecified atom stereocenters. The van der Waals surface area contributed by atoms with Crippen molar-refractivity contribution in [3.05, 3.63) is 69.5 Å². The fourth-order valence-electron chi connectivity index (χ4n) is 2.93. The molecule has 0 spiro atoms. The highest BCUT2D eigenvalue weighted by Gasteiger charge is 2.18. The van der Waals surface area contributed by atoms with Crippen LogP contribution in [0, 0.1) is 18.3 Å². The van der Waals surface area contributed by atoms with Crippen molar-refractivity contribution in [3.8, 4) is 6.07 Å². The van der Waals surface area contributed by atoms with E-state index in [1.807, 2.05) is 6.07 Å². The van der Waals surface area contributed by atoms with Gasteiger partial charge in [-0.05, 0) is 18.9 Å². The molecule has 0 amide bonds. The van der Waals surface area contributed by atoms with E-state index < -0.39 is 0 Å². The van der Waals surface area contributed by atoms with E-state index in [0.29, 0.717) is 18.1 Å². The molecular formula is C19H17N7O2. The van der Waals surface area contributed by atoms with E-state index in [2.05, 4.69) is 51.4 Å². The largest absolute Gasteiger partial charge is 0.337 e. The molecule has 4 aromatic rings. The van der Waals surface area contributed by atoms with Gasteiger partial charge < -0.3 is 9.09 Å². The maximum Gasteiger partial charge on any atom is 0.279 e. The minimum atomic E-state index is -0.293. The average Bonchev–Trinajstić information content (AvgIpc) is 3.29. The summed E-state index contributed by atoms with van der Waals surface area (Å²) in [5, 5.41) is 17.4. The summed E-state index contributed by atoms with van der Waals surface area (Å²) in [6.07, 6.45) is 2.81. The highest BCUT2D eigenvalue weighted by Crippen LogP contribution is 2.13. The zero-order chi connectivity index (χ0) is 19.7. The zero-order valence-electron chi connectivity index (χ0n) is 15.5. The summed E-state index contributed by atoms with van der Waals surface area (Å²) in [5.74, 6) is 0.900. The molecule has 140 valence electrons. The van der Waals surface area contributed by atoms with Gasteiger partial charge in [-0.3, -0.25) is 4.79 Å². The van der Waals surface area contributed by atoms with Crippen LogP contribution >= 0.6 is 0 Å². The molecule has 0 saturated carbocycles. The molecule has 0 aliphatic rings. The second-order valence-corrected chi connectivity index (χ2v) is 6.57. The lowest BCUT2D eigenvalue weighted by atomic mass is 10.1. The third-order valence-electron chi connectivity index (χ3n) is 4.47. The van der Waals surface area contributed by atoms with Crippen molar-refractivity contribution in [2.24, 2.45) is 7.05 Å². The maximum atomic E-state index is 12.4. The minimum absolute atomic E-state index is 0.0896. The van der Waals surface area contributed by atoms with Crippen molar-refractivity contribution in [1.29, 1.82) is 5.26 Å². The molecule has 1 aromatic carbocycles. The second-order valence-electron chi connectivity index (χ2n) is 6.57. The van der Waals surface area contributed by atoms with Crippen molar-refractivity contribution in [3.63, 3.8) is 0 Å². The number of rotatable bonds is 5. The van der Waals surface area contributed by atoms with E-state index >= 15 is 0 Å². The van der Waals surface area contributed by atoms with Crippen LogP contribution < -0.4 is 5.56 Å². The molecule has 0 aliphatic heterocycles. The molecule has 0 fully saturated rings. The lowest BCUT2D eigenvalue weighted by Gasteiger charge is -2.00. The molecule has 0 aliphatic carbocycles. The van der Waals surface area contributed by atoms with Crippen LogP contribution in [0.4, 0.5) is 0 Å². The fraction of sp³-hybridized carbons (Fsp3) is 0.263. The number of aromatic nitrogens is 6. The van der Waals surface area contributed by atoms with Gasteiger partial charge in [-0.2, -0.15) is 15.3 Å². The molecular weight excluding hydrogens is 358 g/mol. The Labute approximate surface area is 159 Å². The highest BCUT2D eigenvalue weighted by molar-refractivity contribution is 5.78. The topological polar surface area (TPSA) is 115 Å². The minimum Gasteiger partial charge on any atom is -0.337 e. The smallest absolute Gasteiger partial charge is 0.279 e. The van der Waals surface area contributed by atoms with Crippen LogP contribution in [0.15, 0.2) is 39.9 Å². The van der Waals surface area contributed by atoms with Gasteiger partial charge in [0.25, 0.3) is 5.56 Å². The Bertz CT molecular complexity index is 1240. The number of benzene rings is 1. The van der Waals surface area contributed by atoms with E-state index in [4.69, 9.17) is 4.52 Å². The summed E-state index contributed by atoms with van der Waals surface area (Å²) in [4.78, 5) is 21.0. The average molecular weight is 375 g/mol. The maximum absolute atomic E-state index is 12.4. The fourth-order valence-corrected chi connectivity index (χ4v) is 2.93. The lowest BCUT2D eigenvalue weighted by Crippen LogP contribution is -2.20. The Morgan fingerprint density at radius 1 is 1.21 bits per heavy atom. The molecule has 0 saturated heterocycles. The van der Waals surface area contributed by atoms with Gasteiger partial charge >= 0.3 is 0 Å². The van der Waals surface area contributed by atoms with Crippen LogP contribution in [-0.2, 0) is 26.4 Å². The van der Waals surface area contributed by atoms with E-state index in [0.717, 1.165) is 6.42 Å². The van der Waals surface area contributed by atoms with Crippen molar-refractivity contribution >= 4 is 11.0 Å². The molecule has 3 heterocycles. The highest BCUT2D eigenvalue weighted by atomic mass is 16.5. The van der Waals surface area contributed by atoms with E-state index in [9.17, 15) is 10.1 Å². The van der Waals surface area contributed by atoms with Gasteiger partial charge in [0.15, 0.2) is 17.0 Å². The SMILES string of the molecule is Cc1ccc(CCc2noc(Cn3nc(C#N)c4ncn(C)c(=O)c43)n2)cc1. The Morgan fingerprint density at radius 2 is 2.00 bits per heavy atom. The summed E-state index contributed by atoms with van der Waals surface area (Å²) < 4.78 is 8.03. The number of aryl methyl sites for hydroxylation is 4. The van der Waals surface area contributed by atoms with Crippen molar-refractivity contribution < 1.29 is 4.52 Å². The quantitative estimate of drug-likeness (QED) is 0.519. The summed E-state index contributed by atoms with van der Waals surface area (Å²) in [6.45, 7) is 2.14. The Balaban J connectivity index is 1.56. The molecule has 3 aromatic heterocycles. The van der Waals surface area contributed by atoms with Gasteiger partial charge in [-0.15, -0.1) is 0 Å². The van der Waals surface area contributed by atoms with Gasteiger partial charge in [0.05, 0.1) is 6.33 Å². The van der Waals surface area contributed by atoms with Crippen LogP contribution in [-0.4, -0.2) is 29.5 Å². The van der Waals surface area contributed by atoms with E-state index in [1.54, 1.807) is 7.05 Å². The molecule has 0 N–H and O–H groups in total. The molecule has 0 radical (unpaired) electrons. The predicted molar refractivity (Wildman–Crippen MR) is 99.5 cm³/mol. The number of nitrogens with zero attached hydrogens (tertiary/aromatic N) is 7. The van der Waals surface area contributed by atoms with Crippen molar-refractivity contribution in [2.75, 3.05) is 0 Å². The molecule has 9 heteroatoms. The molecule has 9 nitrogen and oxygen atoms in total. The van der Waals surface area contributed by atoms with Crippen LogP contribution in [0.3, 0.4) is 0 Å². The normalized spacial score (nSPS) is 11.0. The molecule has 0 bridgehead atoms. The number of fused-ring (bicyclic) bond motifs is 1. The van der Waals surface area contributed by atoms with Crippen LogP contribution in [0.5, 0.6) is 0 Å². The van der Waals surface area contributed by atoms with Crippen LogP contribution in [0.25, 0.3) is 11.0 Å². The third kappa shape index (κ3) is 3.27. The van der Waals surface area contributed by atoms with Gasteiger partial charge in [-0.1, -0.05) is 35.0 Å². The summed E-state index contributed by atoms with van der Waals surface area (Å²) in [7, 11) is 1.59. The first kappa shape index (κ1) is 17.6. The van der Waals surface area contributed by atoms with Gasteiger partial charge in [-0.25, -0.2) is 9.67 Å². The summed E-state index contributed by atoms with van der Waals surface area (Å²) in [6, 6.07) is 10.3. The summed E-state index contributed by atoms with van der Waals surface area (Å²) in [5.41, 5.74) is 2.72. The predicted octanol–water partition coefficient (Wildman–Crippen LogP) is 1.53. The first-order chi connectivity index (χ1) is 13.5. The molecule has 0 atom stereocenters. The Hall–Kier alpha value is -3.80. The zero-order valence-corrected chi connectivity index (χ0v) is 15.5. The first-order valence-corrected chi connectivity index (χ1v) is 8.74. The summed E-state index contributed by atoms with van der Waals surface area (Å²) >= 11 is 0. The number of hydrogen-bond acceptors (Lipinski definition) is 7. The Morgan fingerprint density at radius 3 is 2.75 bits per heavy atom. The van der Waals surface area contributed by atoms with Crippen LogP contribution in [0.2, 0.25) is 0 Å². The second kappa shape index (κ2) is 7.08. The molecule has 4 rings (SSSR count). The van der Waals surface area contributed by atoms with Gasteiger partial charge in [0, 0.05) is 13.5 Å². The van der Waals surface area contributed by atoms with Crippen molar-refractivity contribution in [2.45, 2.75) is 26.3 Å². The van der Waals surface area contributed by atoms with E-state index in [-0.39, 0.29) is 28.8 Å².